The van der Waals surface area contributed by atoms with Crippen LogP contribution in [0.25, 0.3) is 0 Å². The first-order chi connectivity index (χ1) is 9.04. The molecule has 1 N–H and O–H groups in total. The zero-order valence-corrected chi connectivity index (χ0v) is 13.0. The first-order valence-electron chi connectivity index (χ1n) is 7.28. The van der Waals surface area contributed by atoms with Gasteiger partial charge in [-0.2, -0.15) is 0 Å². The molecule has 3 heteroatoms. The molecule has 0 aromatic heterocycles. The summed E-state index contributed by atoms with van der Waals surface area (Å²) in [5, 5.41) is 4.52. The molecule has 0 spiro atoms. The summed E-state index contributed by atoms with van der Waals surface area (Å²) in [5.74, 6) is 0. The maximum atomic E-state index is 6.11. The fourth-order valence-electron chi connectivity index (χ4n) is 2.80. The fourth-order valence-corrected chi connectivity index (χ4v) is 3.00. The normalized spacial score (nSPS) is 26.9. The molecule has 1 saturated heterocycles. The minimum absolute atomic E-state index is 0.226. The lowest BCUT2D eigenvalue weighted by Gasteiger charge is -2.36. The molecule has 2 nitrogen and oxygen atoms in total. The van der Waals surface area contributed by atoms with Gasteiger partial charge in [-0.05, 0) is 50.9 Å². The van der Waals surface area contributed by atoms with Gasteiger partial charge in [-0.1, -0.05) is 30.7 Å². The molecular weight excluding hydrogens is 256 g/mol. The Kier molecular flexibility index (Phi) is 4.88. The van der Waals surface area contributed by atoms with E-state index in [1.54, 1.807) is 0 Å². The zero-order chi connectivity index (χ0) is 13.9. The summed E-state index contributed by atoms with van der Waals surface area (Å²) < 4.78 is 0. The van der Waals surface area contributed by atoms with Crippen LogP contribution in [0.15, 0.2) is 24.3 Å². The number of hydrogen-bond acceptors (Lipinski definition) is 2. The fraction of sp³-hybridized carbons (Fsp3) is 0.625. The summed E-state index contributed by atoms with van der Waals surface area (Å²) in [6, 6.07) is 8.68. The van der Waals surface area contributed by atoms with Crippen LogP contribution in [0.2, 0.25) is 5.02 Å². The van der Waals surface area contributed by atoms with Gasteiger partial charge < -0.3 is 5.32 Å². The second kappa shape index (κ2) is 6.25. The third-order valence-electron chi connectivity index (χ3n) is 4.39. The average molecular weight is 281 g/mol. The van der Waals surface area contributed by atoms with E-state index in [0.717, 1.165) is 31.1 Å². The molecule has 0 radical (unpaired) electrons. The first-order valence-corrected chi connectivity index (χ1v) is 7.66. The molecule has 106 valence electrons. The molecule has 2 rings (SSSR count). The highest BCUT2D eigenvalue weighted by Gasteiger charge is 2.29. The minimum atomic E-state index is 0.226. The van der Waals surface area contributed by atoms with E-state index in [9.17, 15) is 0 Å². The van der Waals surface area contributed by atoms with Crippen molar-refractivity contribution in [3.05, 3.63) is 34.9 Å². The van der Waals surface area contributed by atoms with E-state index < -0.39 is 0 Å². The van der Waals surface area contributed by atoms with Gasteiger partial charge in [0.1, 0.15) is 0 Å². The standard InChI is InChI=1S/C16H25ClN2/c1-4-16(3)12-19(10-6-9-18-16)13(2)14-7-5-8-15(17)11-14/h5,7-8,11,13,18H,4,6,9-10,12H2,1-3H3. The maximum Gasteiger partial charge on any atom is 0.0409 e. The Hall–Kier alpha value is -0.570. The van der Waals surface area contributed by atoms with E-state index in [4.69, 9.17) is 11.6 Å². The molecule has 0 amide bonds. The number of benzene rings is 1. The Balaban J connectivity index is 2.15. The van der Waals surface area contributed by atoms with Crippen LogP contribution >= 0.6 is 11.6 Å². The van der Waals surface area contributed by atoms with Crippen LogP contribution in [-0.2, 0) is 0 Å². The van der Waals surface area contributed by atoms with Gasteiger partial charge in [-0.3, -0.25) is 4.90 Å². The lowest BCUT2D eigenvalue weighted by Crippen LogP contribution is -2.48. The predicted molar refractivity (Wildman–Crippen MR) is 82.8 cm³/mol. The highest BCUT2D eigenvalue weighted by Crippen LogP contribution is 2.26. The lowest BCUT2D eigenvalue weighted by molar-refractivity contribution is 0.169. The highest BCUT2D eigenvalue weighted by molar-refractivity contribution is 6.30. The van der Waals surface area contributed by atoms with Crippen LogP contribution in [0, 0.1) is 0 Å². The molecule has 19 heavy (non-hydrogen) atoms. The number of nitrogens with one attached hydrogen (secondary N) is 1. The van der Waals surface area contributed by atoms with Crippen LogP contribution in [0.3, 0.4) is 0 Å². The Labute approximate surface area is 122 Å². The summed E-state index contributed by atoms with van der Waals surface area (Å²) in [7, 11) is 0. The van der Waals surface area contributed by atoms with Crippen LogP contribution in [0.5, 0.6) is 0 Å². The summed E-state index contributed by atoms with van der Waals surface area (Å²) in [6.07, 6.45) is 2.37. The number of halogens is 1. The number of rotatable bonds is 3. The summed E-state index contributed by atoms with van der Waals surface area (Å²) in [6.45, 7) is 10.2. The van der Waals surface area contributed by atoms with Gasteiger partial charge >= 0.3 is 0 Å². The molecule has 0 saturated carbocycles. The van der Waals surface area contributed by atoms with E-state index in [-0.39, 0.29) is 5.54 Å². The van der Waals surface area contributed by atoms with Gasteiger partial charge in [0, 0.05) is 29.7 Å². The summed E-state index contributed by atoms with van der Waals surface area (Å²) in [4.78, 5) is 2.58. The Morgan fingerprint density at radius 2 is 2.26 bits per heavy atom. The van der Waals surface area contributed by atoms with Gasteiger partial charge in [-0.25, -0.2) is 0 Å². The van der Waals surface area contributed by atoms with Crippen LogP contribution < -0.4 is 5.32 Å². The van der Waals surface area contributed by atoms with Gasteiger partial charge in [0.15, 0.2) is 0 Å². The molecule has 1 aliphatic rings. The van der Waals surface area contributed by atoms with Crippen LogP contribution in [0.4, 0.5) is 0 Å². The van der Waals surface area contributed by atoms with Crippen molar-refractivity contribution < 1.29 is 0 Å². The van der Waals surface area contributed by atoms with E-state index in [0.29, 0.717) is 6.04 Å². The van der Waals surface area contributed by atoms with E-state index in [2.05, 4.69) is 43.1 Å². The van der Waals surface area contributed by atoms with Crippen LogP contribution in [-0.4, -0.2) is 30.1 Å². The smallest absolute Gasteiger partial charge is 0.0409 e. The molecule has 1 aromatic carbocycles. The molecule has 1 fully saturated rings. The summed E-state index contributed by atoms with van der Waals surface area (Å²) in [5.41, 5.74) is 1.54. The Morgan fingerprint density at radius 3 is 2.95 bits per heavy atom. The van der Waals surface area contributed by atoms with Crippen molar-refractivity contribution in [2.75, 3.05) is 19.6 Å². The van der Waals surface area contributed by atoms with Crippen molar-refractivity contribution in [2.24, 2.45) is 0 Å². The second-order valence-electron chi connectivity index (χ2n) is 5.90. The predicted octanol–water partition coefficient (Wildman–Crippen LogP) is 3.87. The first kappa shape index (κ1) is 14.8. The molecular formula is C16H25ClN2. The molecule has 0 aliphatic carbocycles. The maximum absolute atomic E-state index is 6.11. The summed E-state index contributed by atoms with van der Waals surface area (Å²) >= 11 is 6.11. The topological polar surface area (TPSA) is 15.3 Å². The van der Waals surface area contributed by atoms with Crippen molar-refractivity contribution in [3.63, 3.8) is 0 Å². The molecule has 2 atom stereocenters. The molecule has 1 aliphatic heterocycles. The SMILES string of the molecule is CCC1(C)CN(C(C)c2cccc(Cl)c2)CCCN1. The Bertz CT molecular complexity index is 421. The third-order valence-corrected chi connectivity index (χ3v) is 4.62. The zero-order valence-electron chi connectivity index (χ0n) is 12.2. The van der Waals surface area contributed by atoms with E-state index >= 15 is 0 Å². The van der Waals surface area contributed by atoms with Gasteiger partial charge in [-0.15, -0.1) is 0 Å². The molecule has 1 heterocycles. The number of hydrogen-bond donors (Lipinski definition) is 1. The number of nitrogens with zero attached hydrogens (tertiary/aromatic N) is 1. The van der Waals surface area contributed by atoms with E-state index in [1.807, 2.05) is 12.1 Å². The van der Waals surface area contributed by atoms with Crippen molar-refractivity contribution >= 4 is 11.6 Å². The average Bonchev–Trinajstić information content (AvgIpc) is 2.61. The minimum Gasteiger partial charge on any atom is -0.310 e. The second-order valence-corrected chi connectivity index (χ2v) is 6.33. The third kappa shape index (κ3) is 3.71. The van der Waals surface area contributed by atoms with Crippen molar-refractivity contribution in [1.82, 2.24) is 10.2 Å². The lowest BCUT2D eigenvalue weighted by atomic mass is 9.97. The highest BCUT2D eigenvalue weighted by atomic mass is 35.5. The Morgan fingerprint density at radius 1 is 1.47 bits per heavy atom. The van der Waals surface area contributed by atoms with Crippen molar-refractivity contribution in [3.8, 4) is 0 Å². The van der Waals surface area contributed by atoms with Crippen LogP contribution in [0.1, 0.15) is 45.2 Å². The van der Waals surface area contributed by atoms with Gasteiger partial charge in [0.05, 0.1) is 0 Å². The van der Waals surface area contributed by atoms with Crippen molar-refractivity contribution in [1.29, 1.82) is 0 Å². The monoisotopic (exact) mass is 280 g/mol. The van der Waals surface area contributed by atoms with Gasteiger partial charge in [0.25, 0.3) is 0 Å². The molecule has 0 bridgehead atoms. The quantitative estimate of drug-likeness (QED) is 0.904. The largest absolute Gasteiger partial charge is 0.310 e. The molecule has 2 unspecified atom stereocenters. The van der Waals surface area contributed by atoms with E-state index in [1.165, 1.54) is 12.0 Å². The van der Waals surface area contributed by atoms with Crippen molar-refractivity contribution in [2.45, 2.75) is 45.2 Å². The van der Waals surface area contributed by atoms with Gasteiger partial charge in [0.2, 0.25) is 0 Å². The molecule has 1 aromatic rings.